The van der Waals surface area contributed by atoms with Crippen molar-refractivity contribution in [2.45, 2.75) is 38.6 Å². The average molecular weight is 351 g/mol. The van der Waals surface area contributed by atoms with Gasteiger partial charge in [0.1, 0.15) is 5.82 Å². The molecule has 0 saturated heterocycles. The van der Waals surface area contributed by atoms with Crippen LogP contribution < -0.4 is 4.74 Å². The number of benzene rings is 1. The first-order chi connectivity index (χ1) is 12.3. The quantitative estimate of drug-likeness (QED) is 0.687. The number of ether oxygens (including phenoxy) is 1. The Hall–Kier alpha value is -2.69. The van der Waals surface area contributed by atoms with E-state index in [-0.39, 0.29) is 5.82 Å². The van der Waals surface area contributed by atoms with Gasteiger partial charge in [0.15, 0.2) is 11.4 Å². The number of methoxy groups -OCH3 is 1. The number of aromatic nitrogens is 2. The molecule has 0 spiro atoms. The minimum Gasteiger partial charge on any atom is -0.493 e. The van der Waals surface area contributed by atoms with Crippen LogP contribution in [0, 0.1) is 5.82 Å². The van der Waals surface area contributed by atoms with Crippen LogP contribution in [-0.4, -0.2) is 27.7 Å². The van der Waals surface area contributed by atoms with Crippen LogP contribution in [0.4, 0.5) is 4.39 Å². The summed E-state index contributed by atoms with van der Waals surface area (Å²) in [6.45, 7) is 8.19. The Morgan fingerprint density at radius 2 is 1.85 bits per heavy atom. The van der Waals surface area contributed by atoms with Crippen molar-refractivity contribution in [2.75, 3.05) is 7.11 Å². The van der Waals surface area contributed by atoms with Gasteiger partial charge in [0.2, 0.25) is 0 Å². The van der Waals surface area contributed by atoms with E-state index in [0.717, 1.165) is 17.0 Å². The summed E-state index contributed by atoms with van der Waals surface area (Å²) in [6.07, 6.45) is 3.70. The van der Waals surface area contributed by atoms with Gasteiger partial charge in [-0.3, -0.25) is 9.39 Å². The average Bonchev–Trinajstić information content (AvgIpc) is 3.02. The zero-order valence-electron chi connectivity index (χ0n) is 15.7. The molecule has 26 heavy (non-hydrogen) atoms. The van der Waals surface area contributed by atoms with E-state index in [1.807, 2.05) is 56.5 Å². The molecule has 5 heteroatoms. The highest BCUT2D eigenvalue weighted by Crippen LogP contribution is 2.45. The second-order valence-electron chi connectivity index (χ2n) is 7.72. The van der Waals surface area contributed by atoms with Crippen LogP contribution in [0.1, 0.15) is 44.5 Å². The van der Waals surface area contributed by atoms with Gasteiger partial charge in [-0.15, -0.1) is 0 Å². The largest absolute Gasteiger partial charge is 0.493 e. The summed E-state index contributed by atoms with van der Waals surface area (Å²) < 4.78 is 22.2. The zero-order chi connectivity index (χ0) is 18.7. The van der Waals surface area contributed by atoms with Gasteiger partial charge in [0.25, 0.3) is 0 Å². The molecule has 0 aliphatic carbocycles. The molecule has 1 aliphatic rings. The number of rotatable bonds is 2. The zero-order valence-corrected chi connectivity index (χ0v) is 15.7. The third-order valence-electron chi connectivity index (χ3n) is 5.78. The van der Waals surface area contributed by atoms with Crippen molar-refractivity contribution in [3.63, 3.8) is 0 Å². The van der Waals surface area contributed by atoms with Crippen LogP contribution in [0.5, 0.6) is 5.75 Å². The Labute approximate surface area is 152 Å². The number of hydrogen-bond donors (Lipinski definition) is 0. The maximum atomic E-state index is 14.9. The van der Waals surface area contributed by atoms with E-state index in [4.69, 9.17) is 9.73 Å². The minimum absolute atomic E-state index is 0.195. The fourth-order valence-electron chi connectivity index (χ4n) is 3.66. The lowest BCUT2D eigenvalue weighted by molar-refractivity contribution is 0.293. The van der Waals surface area contributed by atoms with E-state index in [1.165, 1.54) is 6.07 Å². The molecule has 0 atom stereocenters. The maximum Gasteiger partial charge on any atom is 0.180 e. The molecule has 3 aromatic rings. The number of imidazole rings is 1. The Kier molecular flexibility index (Phi) is 3.48. The molecule has 134 valence electrons. The fraction of sp³-hybridized carbons (Fsp3) is 0.333. The van der Waals surface area contributed by atoms with E-state index in [1.54, 1.807) is 19.4 Å². The predicted octanol–water partition coefficient (Wildman–Crippen LogP) is 4.39. The molecule has 4 nitrogen and oxygen atoms in total. The molecule has 0 amide bonds. The molecule has 0 fully saturated rings. The summed E-state index contributed by atoms with van der Waals surface area (Å²) in [6, 6.07) is 8.98. The number of hydrogen-bond acceptors (Lipinski definition) is 3. The van der Waals surface area contributed by atoms with E-state index in [9.17, 15) is 4.39 Å². The summed E-state index contributed by atoms with van der Waals surface area (Å²) in [4.78, 5) is 9.55. The maximum absolute atomic E-state index is 14.9. The van der Waals surface area contributed by atoms with Crippen molar-refractivity contribution in [2.24, 2.45) is 4.99 Å². The molecule has 0 bridgehead atoms. The number of nitrogens with zero attached hydrogens (tertiary/aromatic N) is 3. The molecule has 1 aliphatic heterocycles. The van der Waals surface area contributed by atoms with Gasteiger partial charge in [-0.1, -0.05) is 26.0 Å². The second-order valence-corrected chi connectivity index (χ2v) is 7.72. The van der Waals surface area contributed by atoms with Crippen LogP contribution in [0.2, 0.25) is 0 Å². The number of pyridine rings is 1. The van der Waals surface area contributed by atoms with Crippen molar-refractivity contribution in [1.82, 2.24) is 9.38 Å². The number of halogens is 1. The molecule has 0 N–H and O–H groups in total. The van der Waals surface area contributed by atoms with Crippen LogP contribution in [0.25, 0.3) is 5.65 Å². The van der Waals surface area contributed by atoms with E-state index in [0.29, 0.717) is 17.0 Å². The van der Waals surface area contributed by atoms with Crippen LogP contribution in [-0.2, 0) is 5.41 Å². The lowest BCUT2D eigenvalue weighted by Gasteiger charge is -2.44. The molecular formula is C21H22FN3O. The standard InChI is InChI=1S/C21H22FN3O/c1-20(2)17-13(8-6-9-14(17)22)18(24-21(20,3)4)15-12-23-19-16(26-5)10-7-11-25(15)19/h6-12H,1-5H3. The fourth-order valence-corrected chi connectivity index (χ4v) is 3.66. The SMILES string of the molecule is COc1cccn2c(C3=NC(C)(C)C(C)(C)c4c(F)cccc43)cnc12. The van der Waals surface area contributed by atoms with E-state index in [2.05, 4.69) is 4.98 Å². The summed E-state index contributed by atoms with van der Waals surface area (Å²) in [7, 11) is 1.62. The predicted molar refractivity (Wildman–Crippen MR) is 101 cm³/mol. The van der Waals surface area contributed by atoms with Crippen LogP contribution >= 0.6 is 0 Å². The van der Waals surface area contributed by atoms with Gasteiger partial charge >= 0.3 is 0 Å². The van der Waals surface area contributed by atoms with E-state index >= 15 is 0 Å². The van der Waals surface area contributed by atoms with E-state index < -0.39 is 11.0 Å². The molecule has 4 rings (SSSR count). The molecule has 2 aromatic heterocycles. The molecular weight excluding hydrogens is 329 g/mol. The monoisotopic (exact) mass is 351 g/mol. The van der Waals surface area contributed by atoms with Crippen molar-refractivity contribution in [3.05, 3.63) is 65.4 Å². The highest BCUT2D eigenvalue weighted by Gasteiger charge is 2.45. The van der Waals surface area contributed by atoms with Crippen molar-refractivity contribution in [3.8, 4) is 5.75 Å². The second kappa shape index (κ2) is 5.40. The van der Waals surface area contributed by atoms with Crippen molar-refractivity contribution < 1.29 is 9.13 Å². The van der Waals surface area contributed by atoms with Gasteiger partial charge in [0.05, 0.1) is 30.3 Å². The Morgan fingerprint density at radius 3 is 2.58 bits per heavy atom. The van der Waals surface area contributed by atoms with Gasteiger partial charge in [-0.2, -0.15) is 0 Å². The third kappa shape index (κ3) is 2.13. The Balaban J connectivity index is 2.05. The van der Waals surface area contributed by atoms with Crippen LogP contribution in [0.3, 0.4) is 0 Å². The first kappa shape index (κ1) is 16.8. The Bertz CT molecular complexity index is 1050. The summed E-state index contributed by atoms with van der Waals surface area (Å²) in [5, 5.41) is 0. The summed E-state index contributed by atoms with van der Waals surface area (Å²) in [5.41, 5.74) is 2.91. The summed E-state index contributed by atoms with van der Waals surface area (Å²) in [5.74, 6) is 0.494. The summed E-state index contributed by atoms with van der Waals surface area (Å²) >= 11 is 0. The third-order valence-corrected chi connectivity index (χ3v) is 5.78. The lowest BCUT2D eigenvalue weighted by Crippen LogP contribution is -2.47. The first-order valence-corrected chi connectivity index (χ1v) is 8.67. The van der Waals surface area contributed by atoms with Crippen molar-refractivity contribution in [1.29, 1.82) is 0 Å². The lowest BCUT2D eigenvalue weighted by atomic mass is 9.66. The molecule has 3 heterocycles. The van der Waals surface area contributed by atoms with Gasteiger partial charge in [0, 0.05) is 22.7 Å². The highest BCUT2D eigenvalue weighted by atomic mass is 19.1. The van der Waals surface area contributed by atoms with Crippen LogP contribution in [0.15, 0.2) is 47.7 Å². The number of aliphatic imine (C=N–C) groups is 1. The normalized spacial score (nSPS) is 17.7. The molecule has 0 unspecified atom stereocenters. The minimum atomic E-state index is -0.472. The van der Waals surface area contributed by atoms with Gasteiger partial charge in [-0.05, 0) is 32.0 Å². The first-order valence-electron chi connectivity index (χ1n) is 8.67. The van der Waals surface area contributed by atoms with Crippen molar-refractivity contribution >= 4 is 11.4 Å². The topological polar surface area (TPSA) is 38.9 Å². The van der Waals surface area contributed by atoms with Gasteiger partial charge < -0.3 is 4.74 Å². The smallest absolute Gasteiger partial charge is 0.180 e. The molecule has 0 radical (unpaired) electrons. The molecule has 1 aromatic carbocycles. The van der Waals surface area contributed by atoms with Gasteiger partial charge in [-0.25, -0.2) is 9.37 Å². The number of fused-ring (bicyclic) bond motifs is 2. The Morgan fingerprint density at radius 1 is 1.08 bits per heavy atom. The highest BCUT2D eigenvalue weighted by molar-refractivity contribution is 6.14. The molecule has 0 saturated carbocycles.